The van der Waals surface area contributed by atoms with Gasteiger partial charge >= 0.3 is 0 Å². The van der Waals surface area contributed by atoms with Crippen LogP contribution in [0, 0.1) is 0 Å². The third-order valence-electron chi connectivity index (χ3n) is 3.61. The van der Waals surface area contributed by atoms with Crippen LogP contribution in [0.2, 0.25) is 0 Å². The van der Waals surface area contributed by atoms with Gasteiger partial charge in [-0.1, -0.05) is 6.07 Å². The van der Waals surface area contributed by atoms with E-state index in [9.17, 15) is 10.2 Å². The van der Waals surface area contributed by atoms with Gasteiger partial charge in [0, 0.05) is 18.2 Å². The summed E-state index contributed by atoms with van der Waals surface area (Å²) in [7, 11) is 1.59. The molecule has 0 spiro atoms. The van der Waals surface area contributed by atoms with Gasteiger partial charge in [-0.05, 0) is 29.6 Å². The summed E-state index contributed by atoms with van der Waals surface area (Å²) in [6.45, 7) is 0.826. The van der Waals surface area contributed by atoms with Gasteiger partial charge in [0.2, 0.25) is 0 Å². The number of aromatic nitrogens is 2. The van der Waals surface area contributed by atoms with Crippen LogP contribution >= 0.6 is 11.3 Å². The summed E-state index contributed by atoms with van der Waals surface area (Å²) >= 11 is 1.62. The Morgan fingerprint density at radius 2 is 2.17 bits per heavy atom. The number of hydrogen-bond donors (Lipinski definition) is 3. The van der Waals surface area contributed by atoms with Gasteiger partial charge in [0.1, 0.15) is 23.0 Å². The highest BCUT2D eigenvalue weighted by atomic mass is 32.1. The number of hydrogen-bond acceptors (Lipinski definition) is 6. The first kappa shape index (κ1) is 16.4. The largest absolute Gasteiger partial charge is 0.508 e. The first-order valence-corrected chi connectivity index (χ1v) is 8.41. The second-order valence-corrected chi connectivity index (χ2v) is 6.13. The molecule has 126 valence electrons. The highest BCUT2D eigenvalue weighted by Crippen LogP contribution is 2.28. The Labute approximate surface area is 144 Å². The van der Waals surface area contributed by atoms with Crippen LogP contribution in [0.5, 0.6) is 11.5 Å². The molecule has 3 aromatic rings. The number of nitrogens with zero attached hydrogens (tertiary/aromatic N) is 2. The summed E-state index contributed by atoms with van der Waals surface area (Å²) in [6, 6.07) is 11.0. The normalized spacial score (nSPS) is 10.8. The van der Waals surface area contributed by atoms with Gasteiger partial charge < -0.3 is 20.3 Å². The standard InChI is InChI=1S/C17H19N3O3S/c1-23-13-4-5-15(22)12(9-13)11-18-17-10-14(16-3-2-8-24-16)19-20(17)6-7-21/h2-5,8-10,18,21-22H,6-7,11H2,1H3. The molecule has 0 saturated carbocycles. The zero-order valence-electron chi connectivity index (χ0n) is 13.3. The van der Waals surface area contributed by atoms with Crippen LogP contribution in [0.25, 0.3) is 10.6 Å². The number of phenols is 1. The third-order valence-corrected chi connectivity index (χ3v) is 4.50. The summed E-state index contributed by atoms with van der Waals surface area (Å²) in [5, 5.41) is 29.0. The average Bonchev–Trinajstić information content (AvgIpc) is 3.24. The average molecular weight is 345 g/mol. The predicted octanol–water partition coefficient (Wildman–Crippen LogP) is 2.93. The molecular weight excluding hydrogens is 326 g/mol. The monoisotopic (exact) mass is 345 g/mol. The molecule has 2 heterocycles. The molecule has 0 fully saturated rings. The summed E-state index contributed by atoms with van der Waals surface area (Å²) in [5.74, 6) is 1.68. The Morgan fingerprint density at radius 3 is 2.88 bits per heavy atom. The van der Waals surface area contributed by atoms with Crippen LogP contribution in [-0.2, 0) is 13.1 Å². The molecule has 3 rings (SSSR count). The smallest absolute Gasteiger partial charge is 0.125 e. The van der Waals surface area contributed by atoms with Crippen molar-refractivity contribution in [3.63, 3.8) is 0 Å². The number of benzene rings is 1. The van der Waals surface area contributed by atoms with Crippen molar-refractivity contribution in [3.8, 4) is 22.1 Å². The fourth-order valence-electron chi connectivity index (χ4n) is 2.39. The molecule has 1 aromatic carbocycles. The second kappa shape index (κ2) is 7.37. The van der Waals surface area contributed by atoms with E-state index in [1.165, 1.54) is 0 Å². The zero-order chi connectivity index (χ0) is 16.9. The molecule has 0 amide bonds. The maximum atomic E-state index is 9.98. The summed E-state index contributed by atoms with van der Waals surface area (Å²) < 4.78 is 6.92. The van der Waals surface area contributed by atoms with Crippen LogP contribution in [-0.4, -0.2) is 33.7 Å². The Kier molecular flexibility index (Phi) is 5.02. The Balaban J connectivity index is 1.81. The van der Waals surface area contributed by atoms with E-state index >= 15 is 0 Å². The summed E-state index contributed by atoms with van der Waals surface area (Å²) in [4.78, 5) is 1.07. The Morgan fingerprint density at radius 1 is 1.29 bits per heavy atom. The van der Waals surface area contributed by atoms with Gasteiger partial charge in [0.25, 0.3) is 0 Å². The molecule has 24 heavy (non-hydrogen) atoms. The molecular formula is C17H19N3O3S. The first-order valence-electron chi connectivity index (χ1n) is 7.53. The maximum Gasteiger partial charge on any atom is 0.125 e. The van der Waals surface area contributed by atoms with Gasteiger partial charge in [-0.15, -0.1) is 11.3 Å². The Bertz CT molecular complexity index is 800. The van der Waals surface area contributed by atoms with Gasteiger partial charge in [-0.3, -0.25) is 0 Å². The number of methoxy groups -OCH3 is 1. The van der Waals surface area contributed by atoms with Crippen molar-refractivity contribution in [2.75, 3.05) is 19.0 Å². The topological polar surface area (TPSA) is 79.5 Å². The van der Waals surface area contributed by atoms with E-state index in [1.54, 1.807) is 41.3 Å². The van der Waals surface area contributed by atoms with Gasteiger partial charge in [0.15, 0.2) is 0 Å². The van der Waals surface area contributed by atoms with Crippen molar-refractivity contribution in [1.82, 2.24) is 9.78 Å². The summed E-state index contributed by atoms with van der Waals surface area (Å²) in [5.41, 5.74) is 1.58. The molecule has 3 N–H and O–H groups in total. The van der Waals surface area contributed by atoms with Crippen molar-refractivity contribution < 1.29 is 14.9 Å². The Hall–Kier alpha value is -2.51. The quantitative estimate of drug-likeness (QED) is 0.613. The van der Waals surface area contributed by atoms with Crippen LogP contribution in [0.1, 0.15) is 5.56 Å². The fourth-order valence-corrected chi connectivity index (χ4v) is 3.07. The van der Waals surface area contributed by atoms with E-state index in [1.807, 2.05) is 23.6 Å². The molecule has 6 nitrogen and oxygen atoms in total. The number of anilines is 1. The first-order chi connectivity index (χ1) is 11.7. The number of nitrogens with one attached hydrogen (secondary N) is 1. The van der Waals surface area contributed by atoms with Crippen LogP contribution in [0.3, 0.4) is 0 Å². The van der Waals surface area contributed by atoms with Crippen molar-refractivity contribution >= 4 is 17.2 Å². The molecule has 2 aromatic heterocycles. The number of rotatable bonds is 7. The lowest BCUT2D eigenvalue weighted by Gasteiger charge is -2.11. The molecule has 7 heteroatoms. The second-order valence-electron chi connectivity index (χ2n) is 5.19. The molecule has 0 bridgehead atoms. The molecule has 0 aliphatic rings. The predicted molar refractivity (Wildman–Crippen MR) is 94.6 cm³/mol. The van der Waals surface area contributed by atoms with Crippen molar-refractivity contribution in [3.05, 3.63) is 47.3 Å². The number of aromatic hydroxyl groups is 1. The molecule has 0 unspecified atom stereocenters. The van der Waals surface area contributed by atoms with Crippen LogP contribution in [0.4, 0.5) is 5.82 Å². The minimum Gasteiger partial charge on any atom is -0.508 e. The molecule has 0 radical (unpaired) electrons. The van der Waals surface area contributed by atoms with Crippen LogP contribution < -0.4 is 10.1 Å². The minimum absolute atomic E-state index is 0.00461. The lowest BCUT2D eigenvalue weighted by molar-refractivity contribution is 0.270. The van der Waals surface area contributed by atoms with E-state index in [-0.39, 0.29) is 12.4 Å². The van der Waals surface area contributed by atoms with E-state index in [0.717, 1.165) is 22.0 Å². The van der Waals surface area contributed by atoms with Gasteiger partial charge in [-0.2, -0.15) is 5.10 Å². The molecule has 0 aliphatic carbocycles. The maximum absolute atomic E-state index is 9.98. The lowest BCUT2D eigenvalue weighted by atomic mass is 10.2. The van der Waals surface area contributed by atoms with E-state index < -0.39 is 0 Å². The van der Waals surface area contributed by atoms with Crippen molar-refractivity contribution in [1.29, 1.82) is 0 Å². The minimum atomic E-state index is 0.00461. The lowest BCUT2D eigenvalue weighted by Crippen LogP contribution is -2.10. The van der Waals surface area contributed by atoms with E-state index in [4.69, 9.17) is 4.74 Å². The summed E-state index contributed by atoms with van der Waals surface area (Å²) in [6.07, 6.45) is 0. The van der Waals surface area contributed by atoms with Gasteiger partial charge in [-0.25, -0.2) is 4.68 Å². The number of ether oxygens (including phenoxy) is 1. The number of aliphatic hydroxyl groups excluding tert-OH is 1. The number of phenolic OH excluding ortho intramolecular Hbond substituents is 1. The SMILES string of the molecule is COc1ccc(O)c(CNc2cc(-c3cccs3)nn2CCO)c1. The number of thiophene rings is 1. The molecule has 0 saturated heterocycles. The van der Waals surface area contributed by atoms with E-state index in [2.05, 4.69) is 10.4 Å². The highest BCUT2D eigenvalue weighted by molar-refractivity contribution is 7.13. The van der Waals surface area contributed by atoms with Crippen molar-refractivity contribution in [2.24, 2.45) is 0 Å². The fraction of sp³-hybridized carbons (Fsp3) is 0.235. The van der Waals surface area contributed by atoms with Gasteiger partial charge in [0.05, 0.1) is 25.1 Å². The van der Waals surface area contributed by atoms with Crippen LogP contribution in [0.15, 0.2) is 41.8 Å². The number of aliphatic hydroxyl groups is 1. The molecule has 0 atom stereocenters. The zero-order valence-corrected chi connectivity index (χ0v) is 14.1. The van der Waals surface area contributed by atoms with Crippen molar-refractivity contribution in [2.45, 2.75) is 13.1 Å². The third kappa shape index (κ3) is 3.52. The molecule has 0 aliphatic heterocycles. The highest BCUT2D eigenvalue weighted by Gasteiger charge is 2.11. The van der Waals surface area contributed by atoms with E-state index in [0.29, 0.717) is 18.8 Å².